The molecular formula is C22H24O3. The van der Waals surface area contributed by atoms with Gasteiger partial charge in [0, 0.05) is 5.56 Å². The lowest BCUT2D eigenvalue weighted by molar-refractivity contribution is 0.0697. The highest BCUT2D eigenvalue weighted by Crippen LogP contribution is 2.43. The number of phenolic OH excluding ortho intramolecular Hbond substituents is 1. The maximum absolute atomic E-state index is 10.9. The molecule has 0 spiro atoms. The maximum Gasteiger partial charge on any atom is 0.335 e. The molecule has 1 aliphatic carbocycles. The molecule has 0 heterocycles. The molecule has 0 unspecified atom stereocenters. The van der Waals surface area contributed by atoms with Gasteiger partial charge in [-0.15, -0.1) is 0 Å². The molecule has 1 saturated carbocycles. The van der Waals surface area contributed by atoms with Crippen LogP contribution >= 0.6 is 0 Å². The molecule has 0 aromatic heterocycles. The molecule has 3 heteroatoms. The monoisotopic (exact) mass is 336 g/mol. The first-order chi connectivity index (χ1) is 12.0. The third-order valence-corrected chi connectivity index (χ3v) is 5.25. The standard InChI is InChI=1S/C22H24O3/c1-22(13-3-2-4-14-22)19-15-17(9-12-20(19)23)6-5-16-7-10-18(11-8-16)21(24)25/h5-12,15,23H,2-4,13-14H2,1H3,(H,24,25). The first kappa shape index (κ1) is 17.3. The van der Waals surface area contributed by atoms with E-state index >= 15 is 0 Å². The van der Waals surface area contributed by atoms with Crippen molar-refractivity contribution < 1.29 is 15.0 Å². The fraction of sp³-hybridized carbons (Fsp3) is 0.318. The second kappa shape index (κ2) is 7.14. The van der Waals surface area contributed by atoms with E-state index in [0.29, 0.717) is 5.75 Å². The van der Waals surface area contributed by atoms with Gasteiger partial charge in [-0.05, 0) is 53.6 Å². The van der Waals surface area contributed by atoms with Gasteiger partial charge in [0.15, 0.2) is 0 Å². The summed E-state index contributed by atoms with van der Waals surface area (Å²) < 4.78 is 0. The summed E-state index contributed by atoms with van der Waals surface area (Å²) in [4.78, 5) is 10.9. The lowest BCUT2D eigenvalue weighted by atomic mass is 9.70. The van der Waals surface area contributed by atoms with Crippen molar-refractivity contribution in [3.63, 3.8) is 0 Å². The second-order valence-corrected chi connectivity index (χ2v) is 7.16. The van der Waals surface area contributed by atoms with E-state index in [0.717, 1.165) is 29.5 Å². The number of hydrogen-bond donors (Lipinski definition) is 2. The molecule has 2 aromatic carbocycles. The van der Waals surface area contributed by atoms with Gasteiger partial charge in [-0.25, -0.2) is 4.79 Å². The Balaban J connectivity index is 1.83. The van der Waals surface area contributed by atoms with Crippen LogP contribution in [0.3, 0.4) is 0 Å². The summed E-state index contributed by atoms with van der Waals surface area (Å²) >= 11 is 0. The summed E-state index contributed by atoms with van der Waals surface area (Å²) in [5.74, 6) is -0.535. The predicted molar refractivity (Wildman–Crippen MR) is 101 cm³/mol. The average molecular weight is 336 g/mol. The molecule has 0 aliphatic heterocycles. The van der Waals surface area contributed by atoms with Gasteiger partial charge in [-0.1, -0.05) is 56.5 Å². The molecule has 0 radical (unpaired) electrons. The SMILES string of the molecule is CC1(c2cc(C=Cc3ccc(C(=O)O)cc3)ccc2O)CCCCC1. The largest absolute Gasteiger partial charge is 0.508 e. The zero-order chi connectivity index (χ0) is 17.9. The van der Waals surface area contributed by atoms with Gasteiger partial charge in [0.05, 0.1) is 5.56 Å². The number of carboxylic acids is 1. The molecule has 3 nitrogen and oxygen atoms in total. The Morgan fingerprint density at radius 3 is 2.20 bits per heavy atom. The normalized spacial score (nSPS) is 16.8. The van der Waals surface area contributed by atoms with Gasteiger partial charge in [0.25, 0.3) is 0 Å². The topological polar surface area (TPSA) is 57.5 Å². The fourth-order valence-electron chi connectivity index (χ4n) is 3.67. The van der Waals surface area contributed by atoms with Crippen molar-refractivity contribution in [1.29, 1.82) is 0 Å². The summed E-state index contributed by atoms with van der Waals surface area (Å²) in [6.07, 6.45) is 9.91. The Bertz CT molecular complexity index is 781. The molecule has 1 fully saturated rings. The van der Waals surface area contributed by atoms with Crippen molar-refractivity contribution in [3.05, 3.63) is 64.7 Å². The van der Waals surface area contributed by atoms with Crippen LogP contribution in [0.2, 0.25) is 0 Å². The molecule has 0 bridgehead atoms. The van der Waals surface area contributed by atoms with Gasteiger partial charge < -0.3 is 10.2 Å². The van der Waals surface area contributed by atoms with Crippen LogP contribution in [-0.4, -0.2) is 16.2 Å². The predicted octanol–water partition coefficient (Wildman–Crippen LogP) is 5.48. The molecule has 0 amide bonds. The third kappa shape index (κ3) is 3.93. The van der Waals surface area contributed by atoms with Crippen molar-refractivity contribution in [1.82, 2.24) is 0 Å². The highest BCUT2D eigenvalue weighted by atomic mass is 16.4. The molecule has 25 heavy (non-hydrogen) atoms. The minimum absolute atomic E-state index is 0.0509. The van der Waals surface area contributed by atoms with Crippen LogP contribution in [0.1, 0.15) is 66.1 Å². The Kier molecular flexibility index (Phi) is 4.93. The summed E-state index contributed by atoms with van der Waals surface area (Å²) in [6, 6.07) is 12.6. The Morgan fingerprint density at radius 1 is 0.960 bits per heavy atom. The van der Waals surface area contributed by atoms with Crippen LogP contribution in [0.4, 0.5) is 0 Å². The summed E-state index contributed by atoms with van der Waals surface area (Å²) in [5.41, 5.74) is 3.37. The Labute approximate surface area is 148 Å². The molecule has 2 aromatic rings. The van der Waals surface area contributed by atoms with Gasteiger partial charge in [-0.3, -0.25) is 0 Å². The van der Waals surface area contributed by atoms with Crippen molar-refractivity contribution in [2.75, 3.05) is 0 Å². The lowest BCUT2D eigenvalue weighted by Gasteiger charge is -2.34. The second-order valence-electron chi connectivity index (χ2n) is 7.16. The van der Waals surface area contributed by atoms with E-state index in [4.69, 9.17) is 5.11 Å². The summed E-state index contributed by atoms with van der Waals surface area (Å²) in [7, 11) is 0. The van der Waals surface area contributed by atoms with Crippen LogP contribution < -0.4 is 0 Å². The number of phenols is 1. The zero-order valence-electron chi connectivity index (χ0n) is 14.5. The molecular weight excluding hydrogens is 312 g/mol. The quantitative estimate of drug-likeness (QED) is 0.727. The van der Waals surface area contributed by atoms with Gasteiger partial charge >= 0.3 is 5.97 Å². The van der Waals surface area contributed by atoms with E-state index in [-0.39, 0.29) is 11.0 Å². The van der Waals surface area contributed by atoms with Crippen LogP contribution in [0.5, 0.6) is 5.75 Å². The highest BCUT2D eigenvalue weighted by Gasteiger charge is 2.31. The minimum Gasteiger partial charge on any atom is -0.508 e. The smallest absolute Gasteiger partial charge is 0.335 e. The minimum atomic E-state index is -0.917. The fourth-order valence-corrected chi connectivity index (χ4v) is 3.67. The number of carboxylic acid groups (broad SMARTS) is 1. The van der Waals surface area contributed by atoms with Crippen molar-refractivity contribution >= 4 is 18.1 Å². The van der Waals surface area contributed by atoms with Crippen LogP contribution in [0.25, 0.3) is 12.2 Å². The maximum atomic E-state index is 10.9. The summed E-state index contributed by atoms with van der Waals surface area (Å²) in [5, 5.41) is 19.3. The van der Waals surface area contributed by atoms with Gasteiger partial charge in [0.1, 0.15) is 5.75 Å². The van der Waals surface area contributed by atoms with Crippen molar-refractivity contribution in [2.24, 2.45) is 0 Å². The van der Waals surface area contributed by atoms with E-state index in [9.17, 15) is 9.90 Å². The van der Waals surface area contributed by atoms with E-state index in [1.165, 1.54) is 19.3 Å². The Hall–Kier alpha value is -2.55. The van der Waals surface area contributed by atoms with Crippen molar-refractivity contribution in [3.8, 4) is 5.75 Å². The molecule has 1 aliphatic rings. The number of aromatic carboxylic acids is 1. The van der Waals surface area contributed by atoms with E-state index < -0.39 is 5.97 Å². The van der Waals surface area contributed by atoms with Crippen LogP contribution in [-0.2, 0) is 5.41 Å². The van der Waals surface area contributed by atoms with E-state index in [2.05, 4.69) is 13.0 Å². The molecule has 0 atom stereocenters. The molecule has 130 valence electrons. The van der Waals surface area contributed by atoms with Crippen LogP contribution in [0, 0.1) is 0 Å². The van der Waals surface area contributed by atoms with Crippen LogP contribution in [0.15, 0.2) is 42.5 Å². The van der Waals surface area contributed by atoms with Crippen molar-refractivity contribution in [2.45, 2.75) is 44.4 Å². The highest BCUT2D eigenvalue weighted by molar-refractivity contribution is 5.88. The van der Waals surface area contributed by atoms with E-state index in [1.807, 2.05) is 18.2 Å². The molecule has 3 rings (SSSR count). The van der Waals surface area contributed by atoms with E-state index in [1.54, 1.807) is 30.3 Å². The number of benzene rings is 2. The first-order valence-electron chi connectivity index (χ1n) is 8.83. The number of carbonyl (C=O) groups is 1. The summed E-state index contributed by atoms with van der Waals surface area (Å²) in [6.45, 7) is 2.25. The number of aromatic hydroxyl groups is 1. The molecule has 0 saturated heterocycles. The van der Waals surface area contributed by atoms with Gasteiger partial charge in [-0.2, -0.15) is 0 Å². The molecule has 2 N–H and O–H groups in total. The first-order valence-corrected chi connectivity index (χ1v) is 8.83. The average Bonchev–Trinajstić information content (AvgIpc) is 2.62. The third-order valence-electron chi connectivity index (χ3n) is 5.25. The zero-order valence-corrected chi connectivity index (χ0v) is 14.5. The number of rotatable bonds is 4. The lowest BCUT2D eigenvalue weighted by Crippen LogP contribution is -2.25. The Morgan fingerprint density at radius 2 is 1.56 bits per heavy atom. The number of hydrogen-bond acceptors (Lipinski definition) is 2. The van der Waals surface area contributed by atoms with Gasteiger partial charge in [0.2, 0.25) is 0 Å².